The second kappa shape index (κ2) is 6.54. The van der Waals surface area contributed by atoms with Crippen molar-refractivity contribution in [3.8, 4) is 11.5 Å². The van der Waals surface area contributed by atoms with E-state index < -0.39 is 5.54 Å². The number of ether oxygens (including phenoxy) is 3. The van der Waals surface area contributed by atoms with Gasteiger partial charge in [-0.2, -0.15) is 0 Å². The third-order valence-electron chi connectivity index (χ3n) is 3.29. The molecule has 0 unspecified atom stereocenters. The summed E-state index contributed by atoms with van der Waals surface area (Å²) in [6.07, 6.45) is 0.827. The minimum atomic E-state index is -0.772. The first kappa shape index (κ1) is 15.9. The lowest BCUT2D eigenvalue weighted by Gasteiger charge is -2.23. The average Bonchev–Trinajstić information content (AvgIpc) is 2.70. The zero-order chi connectivity index (χ0) is 15.5. The van der Waals surface area contributed by atoms with Crippen LogP contribution in [0, 0.1) is 0 Å². The van der Waals surface area contributed by atoms with Crippen LogP contribution in [0.25, 0.3) is 0 Å². The molecule has 1 aliphatic heterocycles. The highest BCUT2D eigenvalue weighted by Crippen LogP contribution is 2.38. The number of methoxy groups -OCH3 is 1. The molecule has 0 saturated heterocycles. The van der Waals surface area contributed by atoms with Gasteiger partial charge in [0.05, 0.1) is 25.3 Å². The topological polar surface area (TPSA) is 56.8 Å². The number of hydrogen-bond acceptors (Lipinski definition) is 5. The fraction of sp³-hybridized carbons (Fsp3) is 0.533. The SMILES string of the molecule is COC(=O)C(C)(C)NCc1cc(Cl)c2c(c1)OCCCO2. The van der Waals surface area contributed by atoms with Crippen LogP contribution in [0.3, 0.4) is 0 Å². The Hall–Kier alpha value is -1.46. The highest BCUT2D eigenvalue weighted by atomic mass is 35.5. The second-order valence-electron chi connectivity index (χ2n) is 5.43. The maximum absolute atomic E-state index is 11.6. The largest absolute Gasteiger partial charge is 0.489 e. The lowest BCUT2D eigenvalue weighted by atomic mass is 10.1. The predicted octanol–water partition coefficient (Wildman–Crippen LogP) is 2.54. The van der Waals surface area contributed by atoms with Crippen molar-refractivity contribution in [3.63, 3.8) is 0 Å². The molecule has 0 atom stereocenters. The van der Waals surface area contributed by atoms with E-state index in [2.05, 4.69) is 5.32 Å². The molecule has 21 heavy (non-hydrogen) atoms. The average molecular weight is 314 g/mol. The lowest BCUT2D eigenvalue weighted by Crippen LogP contribution is -2.46. The van der Waals surface area contributed by atoms with Crippen LogP contribution in [-0.2, 0) is 16.1 Å². The van der Waals surface area contributed by atoms with Gasteiger partial charge in [-0.25, -0.2) is 0 Å². The van der Waals surface area contributed by atoms with Crippen LogP contribution in [0.5, 0.6) is 11.5 Å². The molecule has 0 radical (unpaired) electrons. The van der Waals surface area contributed by atoms with Gasteiger partial charge in [0.1, 0.15) is 5.54 Å². The maximum atomic E-state index is 11.6. The number of carbonyl (C=O) groups is 1. The van der Waals surface area contributed by atoms with Crippen molar-refractivity contribution in [2.75, 3.05) is 20.3 Å². The van der Waals surface area contributed by atoms with Crippen molar-refractivity contribution in [2.24, 2.45) is 0 Å². The molecule has 0 aromatic heterocycles. The van der Waals surface area contributed by atoms with Gasteiger partial charge in [0.15, 0.2) is 11.5 Å². The fourth-order valence-corrected chi connectivity index (χ4v) is 2.32. The molecule has 0 bridgehead atoms. The highest BCUT2D eigenvalue weighted by molar-refractivity contribution is 6.32. The van der Waals surface area contributed by atoms with E-state index in [9.17, 15) is 4.79 Å². The molecule has 1 aliphatic rings. The molecule has 1 heterocycles. The van der Waals surface area contributed by atoms with Crippen LogP contribution in [0.2, 0.25) is 5.02 Å². The van der Waals surface area contributed by atoms with E-state index in [4.69, 9.17) is 25.8 Å². The van der Waals surface area contributed by atoms with Crippen LogP contribution in [0.15, 0.2) is 12.1 Å². The van der Waals surface area contributed by atoms with Crippen LogP contribution in [0.4, 0.5) is 0 Å². The summed E-state index contributed by atoms with van der Waals surface area (Å²) in [5.41, 5.74) is 0.145. The van der Waals surface area contributed by atoms with Crippen LogP contribution < -0.4 is 14.8 Å². The van der Waals surface area contributed by atoms with Crippen molar-refractivity contribution in [2.45, 2.75) is 32.4 Å². The lowest BCUT2D eigenvalue weighted by molar-refractivity contribution is -0.147. The van der Waals surface area contributed by atoms with E-state index in [0.29, 0.717) is 36.3 Å². The fourth-order valence-electron chi connectivity index (χ4n) is 2.04. The number of hydrogen-bond donors (Lipinski definition) is 1. The first-order valence-corrected chi connectivity index (χ1v) is 7.23. The Morgan fingerprint density at radius 1 is 1.38 bits per heavy atom. The smallest absolute Gasteiger partial charge is 0.325 e. The molecular formula is C15H20ClNO4. The van der Waals surface area contributed by atoms with Crippen LogP contribution in [-0.4, -0.2) is 31.8 Å². The number of carbonyl (C=O) groups excluding carboxylic acids is 1. The third-order valence-corrected chi connectivity index (χ3v) is 3.57. The minimum Gasteiger partial charge on any atom is -0.489 e. The molecule has 6 heteroatoms. The first-order valence-electron chi connectivity index (χ1n) is 6.85. The summed E-state index contributed by atoms with van der Waals surface area (Å²) in [6.45, 7) is 5.21. The molecule has 116 valence electrons. The number of esters is 1. The van der Waals surface area contributed by atoms with Crippen molar-refractivity contribution >= 4 is 17.6 Å². The van der Waals surface area contributed by atoms with E-state index in [1.54, 1.807) is 13.8 Å². The van der Waals surface area contributed by atoms with Gasteiger partial charge in [0, 0.05) is 13.0 Å². The number of fused-ring (bicyclic) bond motifs is 1. The molecule has 1 aromatic rings. The van der Waals surface area contributed by atoms with E-state index in [1.807, 2.05) is 12.1 Å². The van der Waals surface area contributed by atoms with Gasteiger partial charge in [-0.3, -0.25) is 10.1 Å². The summed E-state index contributed by atoms with van der Waals surface area (Å²) >= 11 is 6.24. The van der Waals surface area contributed by atoms with Gasteiger partial charge in [0.25, 0.3) is 0 Å². The summed E-state index contributed by atoms with van der Waals surface area (Å²) in [4.78, 5) is 11.6. The van der Waals surface area contributed by atoms with Gasteiger partial charge in [-0.15, -0.1) is 0 Å². The van der Waals surface area contributed by atoms with E-state index in [-0.39, 0.29) is 5.97 Å². The quantitative estimate of drug-likeness (QED) is 0.866. The van der Waals surface area contributed by atoms with Gasteiger partial charge in [-0.05, 0) is 31.5 Å². The molecule has 2 rings (SSSR count). The van der Waals surface area contributed by atoms with E-state index >= 15 is 0 Å². The first-order chi connectivity index (χ1) is 9.94. The standard InChI is InChI=1S/C15H20ClNO4/c1-15(2,14(18)19-3)17-9-10-7-11(16)13-12(8-10)20-5-4-6-21-13/h7-8,17H,4-6,9H2,1-3H3. The van der Waals surface area contributed by atoms with Gasteiger partial charge < -0.3 is 14.2 Å². The number of nitrogens with one attached hydrogen (secondary N) is 1. The van der Waals surface area contributed by atoms with E-state index in [1.165, 1.54) is 7.11 Å². The molecule has 5 nitrogen and oxygen atoms in total. The summed E-state index contributed by atoms with van der Waals surface area (Å²) in [5, 5.41) is 3.66. The van der Waals surface area contributed by atoms with Crippen LogP contribution >= 0.6 is 11.6 Å². The Balaban J connectivity index is 2.13. The number of rotatable bonds is 4. The Kier molecular flexibility index (Phi) is 4.96. The third kappa shape index (κ3) is 3.80. The van der Waals surface area contributed by atoms with Gasteiger partial charge in [-0.1, -0.05) is 11.6 Å². The van der Waals surface area contributed by atoms with Crippen molar-refractivity contribution in [3.05, 3.63) is 22.7 Å². The van der Waals surface area contributed by atoms with Crippen molar-refractivity contribution in [1.82, 2.24) is 5.32 Å². The molecule has 0 saturated carbocycles. The van der Waals surface area contributed by atoms with Crippen molar-refractivity contribution < 1.29 is 19.0 Å². The summed E-state index contributed by atoms with van der Waals surface area (Å²) in [7, 11) is 1.37. The predicted molar refractivity (Wildman–Crippen MR) is 80.0 cm³/mol. The van der Waals surface area contributed by atoms with Gasteiger partial charge >= 0.3 is 5.97 Å². The molecule has 0 aliphatic carbocycles. The Labute approximate surface area is 129 Å². The Morgan fingerprint density at radius 2 is 2.10 bits per heavy atom. The number of benzene rings is 1. The second-order valence-corrected chi connectivity index (χ2v) is 5.83. The minimum absolute atomic E-state index is 0.317. The highest BCUT2D eigenvalue weighted by Gasteiger charge is 2.28. The molecule has 0 fully saturated rings. The summed E-state index contributed by atoms with van der Waals surface area (Å²) in [5.74, 6) is 0.917. The zero-order valence-corrected chi connectivity index (χ0v) is 13.3. The Bertz CT molecular complexity index is 531. The number of halogens is 1. The normalized spacial score (nSPS) is 14.5. The summed E-state index contributed by atoms with van der Waals surface area (Å²) < 4.78 is 16.0. The van der Waals surface area contributed by atoms with Crippen molar-refractivity contribution in [1.29, 1.82) is 0 Å². The zero-order valence-electron chi connectivity index (χ0n) is 12.5. The van der Waals surface area contributed by atoms with Crippen LogP contribution in [0.1, 0.15) is 25.8 Å². The summed E-state index contributed by atoms with van der Waals surface area (Å²) in [6, 6.07) is 3.70. The molecular weight excluding hydrogens is 294 g/mol. The van der Waals surface area contributed by atoms with E-state index in [0.717, 1.165) is 12.0 Å². The maximum Gasteiger partial charge on any atom is 0.325 e. The Morgan fingerprint density at radius 3 is 2.81 bits per heavy atom. The molecule has 1 aromatic carbocycles. The van der Waals surface area contributed by atoms with Gasteiger partial charge in [0.2, 0.25) is 0 Å². The molecule has 1 N–H and O–H groups in total. The molecule has 0 amide bonds. The molecule has 0 spiro atoms. The monoisotopic (exact) mass is 313 g/mol.